The monoisotopic (exact) mass is 529 g/mol. The highest BCUT2D eigenvalue weighted by Gasteiger charge is 2.60. The number of nitrogens with one attached hydrogen (secondary N) is 2. The number of hydrogen-bond donors (Lipinski definition) is 6. The van der Waals surface area contributed by atoms with Crippen molar-refractivity contribution in [2.75, 3.05) is 24.6 Å². The van der Waals surface area contributed by atoms with E-state index in [0.717, 1.165) is 18.7 Å². The summed E-state index contributed by atoms with van der Waals surface area (Å²) < 4.78 is 0. The first-order valence-electron chi connectivity index (χ1n) is 11.8. The Morgan fingerprint density at radius 3 is 2.66 bits per heavy atom. The minimum absolute atomic E-state index is 0.0193. The number of amides is 3. The van der Waals surface area contributed by atoms with Crippen molar-refractivity contribution in [3.63, 3.8) is 0 Å². The highest BCUT2D eigenvalue weighted by Crippen LogP contribution is 2.51. The SMILES string of the molecule is C[C@@H](O)[C@H]1C(=O)N2C(C(=O)O)=C(S[C@@H]3CN[C@H](CSCCC(=O)NC(CN)CC(N)=O)C3)[C@H](C)[C@H]12. The molecular formula is C22H35N5O6S2. The summed E-state index contributed by atoms with van der Waals surface area (Å²) in [4.78, 5) is 49.6. The number of carboxylic acid groups (broad SMARTS) is 1. The molecule has 8 N–H and O–H groups in total. The molecule has 11 nitrogen and oxygen atoms in total. The van der Waals surface area contributed by atoms with Crippen LogP contribution in [0.2, 0.25) is 0 Å². The number of aliphatic hydroxyl groups excluding tert-OH is 1. The summed E-state index contributed by atoms with van der Waals surface area (Å²) in [5.74, 6) is -1.36. The van der Waals surface area contributed by atoms with Crippen molar-refractivity contribution in [3.8, 4) is 0 Å². The van der Waals surface area contributed by atoms with E-state index in [1.165, 1.54) is 16.7 Å². The van der Waals surface area contributed by atoms with Crippen LogP contribution in [0.15, 0.2) is 10.6 Å². The molecule has 0 aliphatic carbocycles. The predicted molar refractivity (Wildman–Crippen MR) is 134 cm³/mol. The van der Waals surface area contributed by atoms with E-state index in [1.54, 1.807) is 18.7 Å². The second kappa shape index (κ2) is 12.0. The lowest BCUT2D eigenvalue weighted by Crippen LogP contribution is -2.63. The summed E-state index contributed by atoms with van der Waals surface area (Å²) >= 11 is 3.17. The van der Waals surface area contributed by atoms with Gasteiger partial charge in [0.1, 0.15) is 5.70 Å². The summed E-state index contributed by atoms with van der Waals surface area (Å²) in [6, 6.07) is -0.508. The zero-order chi connectivity index (χ0) is 25.9. The molecule has 3 heterocycles. The molecule has 2 fully saturated rings. The Labute approximate surface area is 213 Å². The molecule has 3 amide bonds. The van der Waals surface area contributed by atoms with Crippen LogP contribution in [0.25, 0.3) is 0 Å². The van der Waals surface area contributed by atoms with Gasteiger partial charge in [-0.05, 0) is 13.3 Å². The van der Waals surface area contributed by atoms with E-state index in [2.05, 4.69) is 10.6 Å². The van der Waals surface area contributed by atoms with Gasteiger partial charge in [0, 0.05) is 65.6 Å². The van der Waals surface area contributed by atoms with Crippen molar-refractivity contribution < 1.29 is 29.4 Å². The average molecular weight is 530 g/mol. The topological polar surface area (TPSA) is 188 Å². The molecule has 0 aromatic carbocycles. The molecule has 0 saturated carbocycles. The van der Waals surface area contributed by atoms with Gasteiger partial charge in [0.25, 0.3) is 0 Å². The summed E-state index contributed by atoms with van der Waals surface area (Å²) in [6.07, 6.45) is 0.365. The van der Waals surface area contributed by atoms with Crippen LogP contribution in [0.4, 0.5) is 0 Å². The van der Waals surface area contributed by atoms with Gasteiger partial charge in [-0.25, -0.2) is 4.79 Å². The first-order valence-corrected chi connectivity index (χ1v) is 13.8. The van der Waals surface area contributed by atoms with Gasteiger partial charge in [0.05, 0.1) is 18.1 Å². The van der Waals surface area contributed by atoms with Crippen LogP contribution in [-0.4, -0.2) is 92.9 Å². The van der Waals surface area contributed by atoms with Crippen LogP contribution in [0.5, 0.6) is 0 Å². The largest absolute Gasteiger partial charge is 0.477 e. The van der Waals surface area contributed by atoms with E-state index in [9.17, 15) is 29.4 Å². The molecule has 2 saturated heterocycles. The lowest BCUT2D eigenvalue weighted by atomic mass is 9.79. The maximum absolute atomic E-state index is 12.5. The molecule has 0 spiro atoms. The molecule has 0 aromatic heterocycles. The van der Waals surface area contributed by atoms with Gasteiger partial charge < -0.3 is 37.2 Å². The van der Waals surface area contributed by atoms with Gasteiger partial charge in [-0.15, -0.1) is 11.8 Å². The van der Waals surface area contributed by atoms with E-state index in [1.807, 2.05) is 6.92 Å². The second-order valence-electron chi connectivity index (χ2n) is 9.35. The number of fused-ring (bicyclic) bond motifs is 1. The fraction of sp³-hybridized carbons (Fsp3) is 0.727. The van der Waals surface area contributed by atoms with Gasteiger partial charge >= 0.3 is 5.97 Å². The van der Waals surface area contributed by atoms with Crippen molar-refractivity contribution in [1.82, 2.24) is 15.5 Å². The van der Waals surface area contributed by atoms with Gasteiger partial charge in [0.2, 0.25) is 17.7 Å². The molecule has 3 rings (SSSR count). The predicted octanol–water partition coefficient (Wildman–Crippen LogP) is -0.954. The minimum Gasteiger partial charge on any atom is -0.477 e. The Kier molecular flexibility index (Phi) is 9.49. The summed E-state index contributed by atoms with van der Waals surface area (Å²) in [5, 5.41) is 26.1. The van der Waals surface area contributed by atoms with E-state index in [0.29, 0.717) is 17.1 Å². The van der Waals surface area contributed by atoms with Crippen molar-refractivity contribution in [2.45, 2.75) is 62.6 Å². The number of aliphatic hydroxyl groups is 1. The molecular weight excluding hydrogens is 494 g/mol. The van der Waals surface area contributed by atoms with Gasteiger partial charge in [0.15, 0.2) is 0 Å². The third-order valence-corrected chi connectivity index (χ3v) is 9.32. The highest BCUT2D eigenvalue weighted by atomic mass is 32.2. The number of carbonyl (C=O) groups is 4. The molecule has 0 aromatic rings. The van der Waals surface area contributed by atoms with Gasteiger partial charge in [-0.3, -0.25) is 14.4 Å². The van der Waals surface area contributed by atoms with E-state index in [-0.39, 0.29) is 53.7 Å². The third kappa shape index (κ3) is 6.31. The number of carbonyl (C=O) groups excluding carboxylic acids is 3. The highest BCUT2D eigenvalue weighted by molar-refractivity contribution is 8.03. The number of carboxylic acids is 1. The number of aliphatic carboxylic acids is 1. The molecule has 7 atom stereocenters. The first-order chi connectivity index (χ1) is 16.5. The molecule has 3 aliphatic heterocycles. The zero-order valence-corrected chi connectivity index (χ0v) is 21.6. The molecule has 196 valence electrons. The number of β-lactam (4-membered cyclic amide) rings is 1. The quantitative estimate of drug-likeness (QED) is 0.128. The minimum atomic E-state index is -1.11. The molecule has 1 unspecified atom stereocenters. The maximum Gasteiger partial charge on any atom is 0.353 e. The van der Waals surface area contributed by atoms with Crippen LogP contribution >= 0.6 is 23.5 Å². The van der Waals surface area contributed by atoms with Gasteiger partial charge in [-0.2, -0.15) is 11.8 Å². The van der Waals surface area contributed by atoms with Crippen LogP contribution in [0.3, 0.4) is 0 Å². The maximum atomic E-state index is 12.5. The molecule has 0 radical (unpaired) electrons. The Hall–Kier alpha value is -1.80. The van der Waals surface area contributed by atoms with Crippen LogP contribution < -0.4 is 22.1 Å². The number of hydrogen-bond acceptors (Lipinski definition) is 9. The van der Waals surface area contributed by atoms with Crippen LogP contribution in [0.1, 0.15) is 33.1 Å². The fourth-order valence-electron chi connectivity index (χ4n) is 4.98. The standard InChI is InChI=1S/C22H35N5O6S2/c1-10-18-17(11(2)28)21(31)27(18)19(22(32)33)20(10)35-14-5-13(25-8-14)9-34-4-3-16(30)26-12(7-23)6-15(24)29/h10-14,17-18,25,28H,3-9,23H2,1-2H3,(H2,24,29)(H,26,30)(H,32,33)/t10-,11-,12?,13+,14+,17-,18-/m1/s1. The third-order valence-electron chi connectivity index (χ3n) is 6.68. The van der Waals surface area contributed by atoms with Gasteiger partial charge in [-0.1, -0.05) is 6.92 Å². The van der Waals surface area contributed by atoms with E-state index >= 15 is 0 Å². The number of rotatable bonds is 13. The van der Waals surface area contributed by atoms with Crippen LogP contribution in [-0.2, 0) is 19.2 Å². The number of thioether (sulfide) groups is 2. The summed E-state index contributed by atoms with van der Waals surface area (Å²) in [7, 11) is 0. The number of nitrogens with two attached hydrogens (primary N) is 2. The Morgan fingerprint density at radius 1 is 1.34 bits per heavy atom. The second-order valence-corrected chi connectivity index (χ2v) is 11.8. The molecule has 13 heteroatoms. The Bertz CT molecular complexity index is 884. The van der Waals surface area contributed by atoms with E-state index < -0.39 is 29.9 Å². The summed E-state index contributed by atoms with van der Waals surface area (Å²) in [5.41, 5.74) is 10.8. The van der Waals surface area contributed by atoms with Crippen molar-refractivity contribution in [1.29, 1.82) is 0 Å². The lowest BCUT2D eigenvalue weighted by molar-refractivity contribution is -0.163. The Balaban J connectivity index is 1.45. The fourth-order valence-corrected chi connectivity index (χ4v) is 7.54. The molecule has 3 aliphatic rings. The molecule has 35 heavy (non-hydrogen) atoms. The smallest absolute Gasteiger partial charge is 0.353 e. The van der Waals surface area contributed by atoms with Crippen molar-refractivity contribution >= 4 is 47.2 Å². The van der Waals surface area contributed by atoms with E-state index in [4.69, 9.17) is 11.5 Å². The Morgan fingerprint density at radius 2 is 2.06 bits per heavy atom. The van der Waals surface area contributed by atoms with Crippen molar-refractivity contribution in [3.05, 3.63) is 10.6 Å². The first kappa shape index (κ1) is 27.8. The summed E-state index contributed by atoms with van der Waals surface area (Å²) in [6.45, 7) is 4.38. The number of primary amides is 1. The average Bonchev–Trinajstić information content (AvgIpc) is 3.31. The number of nitrogens with zero attached hydrogens (tertiary/aromatic N) is 1. The lowest BCUT2D eigenvalue weighted by Gasteiger charge is -2.46. The normalized spacial score (nSPS) is 29.5. The zero-order valence-electron chi connectivity index (χ0n) is 19.9. The van der Waals surface area contributed by atoms with Crippen molar-refractivity contribution in [2.24, 2.45) is 23.3 Å². The van der Waals surface area contributed by atoms with Crippen LogP contribution in [0, 0.1) is 11.8 Å². The molecule has 0 bridgehead atoms.